The van der Waals surface area contributed by atoms with E-state index in [-0.39, 0.29) is 5.75 Å². The van der Waals surface area contributed by atoms with E-state index in [2.05, 4.69) is 10.8 Å². The van der Waals surface area contributed by atoms with E-state index in [0.29, 0.717) is 0 Å². The molecule has 2 rings (SSSR count). The SMILES string of the molecule is Cc1cc(C)c(-c2ccc(OC(F)(F)F)cc2)s1. The molecular formula is C13H11F3OS. The summed E-state index contributed by atoms with van der Waals surface area (Å²) in [4.78, 5) is 2.25. The van der Waals surface area contributed by atoms with Crippen molar-refractivity contribution in [3.05, 3.63) is 40.8 Å². The molecule has 0 unspecified atom stereocenters. The van der Waals surface area contributed by atoms with Crippen LogP contribution in [0, 0.1) is 13.8 Å². The standard InChI is InChI=1S/C13H11F3OS/c1-8-7-9(2)18-12(8)10-3-5-11(6-4-10)17-13(14,15)16/h3-7H,1-2H3. The van der Waals surface area contributed by atoms with Crippen LogP contribution in [0.2, 0.25) is 0 Å². The number of benzene rings is 1. The summed E-state index contributed by atoms with van der Waals surface area (Å²) in [7, 11) is 0. The van der Waals surface area contributed by atoms with Gasteiger partial charge in [-0.25, -0.2) is 0 Å². The van der Waals surface area contributed by atoms with Crippen LogP contribution in [0.3, 0.4) is 0 Å². The second kappa shape index (κ2) is 4.65. The summed E-state index contributed by atoms with van der Waals surface area (Å²) in [6.07, 6.45) is -4.64. The minimum absolute atomic E-state index is 0.197. The molecule has 0 radical (unpaired) electrons. The van der Waals surface area contributed by atoms with E-state index < -0.39 is 6.36 Å². The predicted octanol–water partition coefficient (Wildman–Crippen LogP) is 4.93. The molecule has 1 aromatic heterocycles. The Bertz CT molecular complexity index is 540. The third kappa shape index (κ3) is 3.04. The Morgan fingerprint density at radius 1 is 1.06 bits per heavy atom. The van der Waals surface area contributed by atoms with Gasteiger partial charge in [-0.3, -0.25) is 0 Å². The van der Waals surface area contributed by atoms with Gasteiger partial charge in [0.2, 0.25) is 0 Å². The number of hydrogen-bond acceptors (Lipinski definition) is 2. The van der Waals surface area contributed by atoms with Crippen LogP contribution >= 0.6 is 11.3 Å². The summed E-state index contributed by atoms with van der Waals surface area (Å²) in [5.41, 5.74) is 2.03. The molecule has 1 heterocycles. The van der Waals surface area contributed by atoms with Crippen molar-refractivity contribution in [2.75, 3.05) is 0 Å². The van der Waals surface area contributed by atoms with E-state index in [1.54, 1.807) is 23.5 Å². The lowest BCUT2D eigenvalue weighted by Crippen LogP contribution is -2.16. The van der Waals surface area contributed by atoms with Gasteiger partial charge in [-0.15, -0.1) is 24.5 Å². The van der Waals surface area contributed by atoms with Crippen molar-refractivity contribution in [2.45, 2.75) is 20.2 Å². The van der Waals surface area contributed by atoms with Gasteiger partial charge in [0.15, 0.2) is 0 Å². The summed E-state index contributed by atoms with van der Waals surface area (Å²) >= 11 is 1.62. The number of thiophene rings is 1. The number of aryl methyl sites for hydroxylation is 2. The van der Waals surface area contributed by atoms with Crippen LogP contribution in [-0.4, -0.2) is 6.36 Å². The maximum Gasteiger partial charge on any atom is 0.573 e. The number of rotatable bonds is 2. The van der Waals surface area contributed by atoms with Crippen molar-refractivity contribution < 1.29 is 17.9 Å². The number of hydrogen-bond donors (Lipinski definition) is 0. The zero-order valence-electron chi connectivity index (χ0n) is 9.84. The van der Waals surface area contributed by atoms with Crippen molar-refractivity contribution in [2.24, 2.45) is 0 Å². The van der Waals surface area contributed by atoms with E-state index in [1.165, 1.54) is 17.0 Å². The summed E-state index contributed by atoms with van der Waals surface area (Å²) in [5.74, 6) is -0.197. The van der Waals surface area contributed by atoms with E-state index in [0.717, 1.165) is 16.0 Å². The molecule has 0 atom stereocenters. The number of ether oxygens (including phenoxy) is 1. The molecular weight excluding hydrogens is 261 g/mol. The van der Waals surface area contributed by atoms with Crippen LogP contribution in [0.25, 0.3) is 10.4 Å². The molecule has 18 heavy (non-hydrogen) atoms. The molecule has 0 bridgehead atoms. The smallest absolute Gasteiger partial charge is 0.406 e. The van der Waals surface area contributed by atoms with Gasteiger partial charge in [-0.05, 0) is 55.3 Å². The quantitative estimate of drug-likeness (QED) is 0.753. The number of alkyl halides is 3. The fourth-order valence-corrected chi connectivity index (χ4v) is 2.77. The first-order valence-electron chi connectivity index (χ1n) is 5.28. The van der Waals surface area contributed by atoms with Crippen molar-refractivity contribution >= 4 is 11.3 Å². The van der Waals surface area contributed by atoms with Crippen molar-refractivity contribution in [1.29, 1.82) is 0 Å². The molecule has 1 aromatic carbocycles. The van der Waals surface area contributed by atoms with Crippen LogP contribution in [0.4, 0.5) is 13.2 Å². The van der Waals surface area contributed by atoms with Gasteiger partial charge in [-0.1, -0.05) is 0 Å². The van der Waals surface area contributed by atoms with Crippen LogP contribution < -0.4 is 4.74 Å². The maximum atomic E-state index is 12.0. The highest BCUT2D eigenvalue weighted by atomic mass is 32.1. The van der Waals surface area contributed by atoms with Gasteiger partial charge in [0.25, 0.3) is 0 Å². The zero-order chi connectivity index (χ0) is 13.3. The van der Waals surface area contributed by atoms with Crippen LogP contribution in [0.15, 0.2) is 30.3 Å². The first-order valence-corrected chi connectivity index (χ1v) is 6.10. The largest absolute Gasteiger partial charge is 0.573 e. The molecule has 0 spiro atoms. The Morgan fingerprint density at radius 3 is 2.11 bits per heavy atom. The second-order valence-corrected chi connectivity index (χ2v) is 5.20. The Balaban J connectivity index is 2.25. The predicted molar refractivity (Wildman–Crippen MR) is 65.9 cm³/mol. The second-order valence-electron chi connectivity index (χ2n) is 3.94. The van der Waals surface area contributed by atoms with Gasteiger partial charge in [0.05, 0.1) is 0 Å². The third-order valence-corrected chi connectivity index (χ3v) is 3.59. The summed E-state index contributed by atoms with van der Waals surface area (Å²) in [6, 6.07) is 7.99. The molecule has 0 saturated carbocycles. The minimum atomic E-state index is -4.64. The van der Waals surface area contributed by atoms with Crippen molar-refractivity contribution in [3.8, 4) is 16.2 Å². The average Bonchev–Trinajstić information content (AvgIpc) is 2.57. The van der Waals surface area contributed by atoms with Gasteiger partial charge in [-0.2, -0.15) is 0 Å². The fourth-order valence-electron chi connectivity index (χ4n) is 1.74. The van der Waals surface area contributed by atoms with Crippen LogP contribution in [-0.2, 0) is 0 Å². The van der Waals surface area contributed by atoms with Crippen molar-refractivity contribution in [3.63, 3.8) is 0 Å². The molecule has 1 nitrogen and oxygen atoms in total. The molecule has 2 aromatic rings. The monoisotopic (exact) mass is 272 g/mol. The maximum absolute atomic E-state index is 12.0. The van der Waals surface area contributed by atoms with E-state index in [9.17, 15) is 13.2 Å². The highest BCUT2D eigenvalue weighted by Gasteiger charge is 2.30. The van der Waals surface area contributed by atoms with Crippen LogP contribution in [0.1, 0.15) is 10.4 Å². The highest BCUT2D eigenvalue weighted by molar-refractivity contribution is 7.15. The fraction of sp³-hybridized carbons (Fsp3) is 0.231. The molecule has 96 valence electrons. The van der Waals surface area contributed by atoms with E-state index >= 15 is 0 Å². The Hall–Kier alpha value is -1.49. The number of halogens is 3. The van der Waals surface area contributed by atoms with Crippen LogP contribution in [0.5, 0.6) is 5.75 Å². The van der Waals surface area contributed by atoms with E-state index in [1.807, 2.05) is 13.8 Å². The minimum Gasteiger partial charge on any atom is -0.406 e. The molecule has 0 aliphatic heterocycles. The summed E-state index contributed by atoms with van der Waals surface area (Å²) in [5, 5.41) is 0. The molecule has 0 aliphatic carbocycles. The Labute approximate surface area is 107 Å². The topological polar surface area (TPSA) is 9.23 Å². The lowest BCUT2D eigenvalue weighted by molar-refractivity contribution is -0.274. The van der Waals surface area contributed by atoms with Gasteiger partial charge in [0, 0.05) is 9.75 Å². The first kappa shape index (κ1) is 13.0. The molecule has 0 saturated heterocycles. The zero-order valence-corrected chi connectivity index (χ0v) is 10.7. The lowest BCUT2D eigenvalue weighted by Gasteiger charge is -2.09. The third-order valence-electron chi connectivity index (χ3n) is 2.39. The van der Waals surface area contributed by atoms with Gasteiger partial charge < -0.3 is 4.74 Å². The first-order chi connectivity index (χ1) is 8.35. The Morgan fingerprint density at radius 2 is 1.67 bits per heavy atom. The highest BCUT2D eigenvalue weighted by Crippen LogP contribution is 2.33. The van der Waals surface area contributed by atoms with E-state index in [4.69, 9.17) is 0 Å². The van der Waals surface area contributed by atoms with Gasteiger partial charge >= 0.3 is 6.36 Å². The van der Waals surface area contributed by atoms with Gasteiger partial charge in [0.1, 0.15) is 5.75 Å². The molecule has 0 amide bonds. The lowest BCUT2D eigenvalue weighted by atomic mass is 10.1. The molecule has 0 fully saturated rings. The Kier molecular flexibility index (Phi) is 3.34. The molecule has 0 aliphatic rings. The summed E-state index contributed by atoms with van der Waals surface area (Å²) < 4.78 is 39.9. The van der Waals surface area contributed by atoms with Crippen molar-refractivity contribution in [1.82, 2.24) is 0 Å². The molecule has 5 heteroatoms. The summed E-state index contributed by atoms with van der Waals surface area (Å²) in [6.45, 7) is 3.99. The average molecular weight is 272 g/mol. The molecule has 0 N–H and O–H groups in total. The normalized spacial score (nSPS) is 11.6.